The van der Waals surface area contributed by atoms with Gasteiger partial charge in [0.05, 0.1) is 12.3 Å². The van der Waals surface area contributed by atoms with Crippen molar-refractivity contribution < 1.29 is 9.63 Å². The molecule has 1 amide bonds. The molecule has 12 heavy (non-hydrogen) atoms. The molecule has 0 aromatic heterocycles. The molecule has 0 aliphatic carbocycles. The second kappa shape index (κ2) is 5.68. The van der Waals surface area contributed by atoms with Crippen LogP contribution in [0.2, 0.25) is 0 Å². The molecular formula is C7H15N3O2. The lowest BCUT2D eigenvalue weighted by Crippen LogP contribution is -2.31. The molecule has 0 atom stereocenters. The number of carbonyl (C=O) groups excluding carboxylic acids is 1. The summed E-state index contributed by atoms with van der Waals surface area (Å²) in [4.78, 5) is 17.4. The fourth-order valence-corrected chi connectivity index (χ4v) is 0.421. The lowest BCUT2D eigenvalue weighted by atomic mass is 10.4. The van der Waals surface area contributed by atoms with Crippen LogP contribution in [0.15, 0.2) is 0 Å². The van der Waals surface area contributed by atoms with E-state index in [2.05, 4.69) is 5.48 Å². The third kappa shape index (κ3) is 5.82. The number of nitrogens with one attached hydrogen (secondary N) is 2. The molecule has 0 aliphatic heterocycles. The highest BCUT2D eigenvalue weighted by Crippen LogP contribution is 1.76. The Morgan fingerprint density at radius 3 is 2.58 bits per heavy atom. The van der Waals surface area contributed by atoms with Gasteiger partial charge in [0.1, 0.15) is 0 Å². The fraction of sp³-hybridized carbons (Fsp3) is 0.714. The van der Waals surface area contributed by atoms with E-state index >= 15 is 0 Å². The van der Waals surface area contributed by atoms with Gasteiger partial charge in [0, 0.05) is 6.54 Å². The third-order valence-electron chi connectivity index (χ3n) is 1.15. The smallest absolute Gasteiger partial charge is 0.288 e. The number of hydroxylamine groups is 1. The van der Waals surface area contributed by atoms with Crippen molar-refractivity contribution in [2.45, 2.75) is 6.92 Å². The minimum Gasteiger partial charge on any atom is -0.307 e. The van der Waals surface area contributed by atoms with E-state index in [-0.39, 0.29) is 5.71 Å². The van der Waals surface area contributed by atoms with Gasteiger partial charge in [-0.15, -0.1) is 0 Å². The summed E-state index contributed by atoms with van der Waals surface area (Å²) in [5.74, 6) is -0.492. The van der Waals surface area contributed by atoms with Gasteiger partial charge in [-0.3, -0.25) is 15.0 Å². The number of likely N-dealkylation sites (N-methyl/N-ethyl adjacent to an activating group) is 1. The Labute approximate surface area is 72.2 Å². The van der Waals surface area contributed by atoms with E-state index in [0.29, 0.717) is 6.61 Å². The zero-order valence-corrected chi connectivity index (χ0v) is 7.68. The van der Waals surface area contributed by atoms with E-state index in [1.54, 1.807) is 0 Å². The normalized spacial score (nSPS) is 10.0. The molecule has 0 spiro atoms. The van der Waals surface area contributed by atoms with Gasteiger partial charge < -0.3 is 4.90 Å². The average Bonchev–Trinajstić information content (AvgIpc) is 1.97. The van der Waals surface area contributed by atoms with Gasteiger partial charge in [-0.05, 0) is 21.0 Å². The minimum atomic E-state index is -0.492. The van der Waals surface area contributed by atoms with Crippen LogP contribution in [0.25, 0.3) is 0 Å². The van der Waals surface area contributed by atoms with E-state index in [1.165, 1.54) is 6.92 Å². The van der Waals surface area contributed by atoms with E-state index in [1.807, 2.05) is 19.0 Å². The molecule has 0 bridgehead atoms. The van der Waals surface area contributed by atoms with Crippen LogP contribution >= 0.6 is 0 Å². The monoisotopic (exact) mass is 173 g/mol. The van der Waals surface area contributed by atoms with Crippen LogP contribution in [0.5, 0.6) is 0 Å². The van der Waals surface area contributed by atoms with E-state index in [9.17, 15) is 4.79 Å². The van der Waals surface area contributed by atoms with Crippen molar-refractivity contribution >= 4 is 11.6 Å². The first-order chi connectivity index (χ1) is 5.54. The Balaban J connectivity index is 3.32. The number of hydrogen-bond donors (Lipinski definition) is 2. The zero-order chi connectivity index (χ0) is 9.56. The van der Waals surface area contributed by atoms with Crippen LogP contribution in [-0.4, -0.2) is 43.8 Å². The van der Waals surface area contributed by atoms with Crippen LogP contribution in [0.4, 0.5) is 0 Å². The molecule has 70 valence electrons. The van der Waals surface area contributed by atoms with E-state index < -0.39 is 5.91 Å². The first kappa shape index (κ1) is 11.1. The van der Waals surface area contributed by atoms with Crippen LogP contribution in [-0.2, 0) is 9.63 Å². The third-order valence-corrected chi connectivity index (χ3v) is 1.15. The van der Waals surface area contributed by atoms with Crippen LogP contribution in [0.3, 0.4) is 0 Å². The Morgan fingerprint density at radius 2 is 2.17 bits per heavy atom. The molecule has 0 unspecified atom stereocenters. The second-order valence-corrected chi connectivity index (χ2v) is 2.71. The highest BCUT2D eigenvalue weighted by atomic mass is 16.6. The predicted octanol–water partition coefficient (Wildman–Crippen LogP) is -0.365. The number of nitrogens with zero attached hydrogens (tertiary/aromatic N) is 1. The molecule has 0 rings (SSSR count). The van der Waals surface area contributed by atoms with Gasteiger partial charge in [0.2, 0.25) is 0 Å². The van der Waals surface area contributed by atoms with Gasteiger partial charge in [0.15, 0.2) is 0 Å². The maximum Gasteiger partial charge on any atom is 0.288 e. The Morgan fingerprint density at radius 1 is 1.58 bits per heavy atom. The van der Waals surface area contributed by atoms with E-state index in [4.69, 9.17) is 10.2 Å². The summed E-state index contributed by atoms with van der Waals surface area (Å²) >= 11 is 0. The van der Waals surface area contributed by atoms with Crippen molar-refractivity contribution in [3.63, 3.8) is 0 Å². The summed E-state index contributed by atoms with van der Waals surface area (Å²) in [5, 5.41) is 6.92. The van der Waals surface area contributed by atoms with Crippen molar-refractivity contribution in [1.82, 2.24) is 10.4 Å². The molecule has 0 aromatic rings. The maximum absolute atomic E-state index is 10.7. The number of hydrogen-bond acceptors (Lipinski definition) is 4. The Bertz CT molecular complexity index is 168. The quantitative estimate of drug-likeness (QED) is 0.339. The lowest BCUT2D eigenvalue weighted by Gasteiger charge is -2.09. The highest BCUT2D eigenvalue weighted by Gasteiger charge is 2.01. The molecule has 5 nitrogen and oxygen atoms in total. The maximum atomic E-state index is 10.7. The molecule has 0 fully saturated rings. The lowest BCUT2D eigenvalue weighted by molar-refractivity contribution is -0.126. The van der Waals surface area contributed by atoms with Gasteiger partial charge in [-0.1, -0.05) is 0 Å². The van der Waals surface area contributed by atoms with Gasteiger partial charge in [-0.25, -0.2) is 5.48 Å². The molecule has 5 heteroatoms. The summed E-state index contributed by atoms with van der Waals surface area (Å²) in [6.45, 7) is 2.56. The highest BCUT2D eigenvalue weighted by molar-refractivity contribution is 6.36. The molecule has 0 aliphatic rings. The van der Waals surface area contributed by atoms with Crippen LogP contribution in [0.1, 0.15) is 6.92 Å². The molecule has 2 N–H and O–H groups in total. The first-order valence-electron chi connectivity index (χ1n) is 3.66. The zero-order valence-electron chi connectivity index (χ0n) is 7.68. The van der Waals surface area contributed by atoms with Crippen molar-refractivity contribution in [1.29, 1.82) is 5.41 Å². The largest absolute Gasteiger partial charge is 0.307 e. The molecule has 0 radical (unpaired) electrons. The average molecular weight is 173 g/mol. The van der Waals surface area contributed by atoms with Crippen molar-refractivity contribution in [3.8, 4) is 0 Å². The van der Waals surface area contributed by atoms with Crippen molar-refractivity contribution in [2.24, 2.45) is 0 Å². The summed E-state index contributed by atoms with van der Waals surface area (Å²) in [6, 6.07) is 0. The van der Waals surface area contributed by atoms with Gasteiger partial charge in [0.25, 0.3) is 5.91 Å². The van der Waals surface area contributed by atoms with E-state index in [0.717, 1.165) is 6.54 Å². The molecular weight excluding hydrogens is 158 g/mol. The Kier molecular flexibility index (Phi) is 5.23. The number of rotatable bonds is 5. The topological polar surface area (TPSA) is 65.4 Å². The Hall–Kier alpha value is -0.940. The summed E-state index contributed by atoms with van der Waals surface area (Å²) in [7, 11) is 3.82. The van der Waals surface area contributed by atoms with Crippen LogP contribution in [0, 0.1) is 5.41 Å². The molecule has 0 saturated carbocycles. The number of carbonyl (C=O) groups is 1. The SMILES string of the molecule is CC(=N)C(=O)NOCCN(C)C. The van der Waals surface area contributed by atoms with Gasteiger partial charge in [-0.2, -0.15) is 0 Å². The summed E-state index contributed by atoms with van der Waals surface area (Å²) < 4.78 is 0. The van der Waals surface area contributed by atoms with Crippen LogP contribution < -0.4 is 5.48 Å². The van der Waals surface area contributed by atoms with Crippen molar-refractivity contribution in [2.75, 3.05) is 27.2 Å². The van der Waals surface area contributed by atoms with Crippen molar-refractivity contribution in [3.05, 3.63) is 0 Å². The molecule has 0 saturated heterocycles. The predicted molar refractivity (Wildman–Crippen MR) is 46.0 cm³/mol. The number of amides is 1. The standard InChI is InChI=1S/C7H15N3O2/c1-6(8)7(11)9-12-5-4-10(2)3/h8H,4-5H2,1-3H3,(H,9,11). The molecule has 0 heterocycles. The second-order valence-electron chi connectivity index (χ2n) is 2.71. The molecule has 0 aromatic carbocycles. The summed E-state index contributed by atoms with van der Waals surface area (Å²) in [6.07, 6.45) is 0. The van der Waals surface area contributed by atoms with Gasteiger partial charge >= 0.3 is 0 Å². The summed E-state index contributed by atoms with van der Waals surface area (Å²) in [5.41, 5.74) is 2.09. The fourth-order valence-electron chi connectivity index (χ4n) is 0.421. The minimum absolute atomic E-state index is 0.0557. The first-order valence-corrected chi connectivity index (χ1v) is 3.66.